The van der Waals surface area contributed by atoms with E-state index in [0.717, 1.165) is 5.69 Å². The van der Waals surface area contributed by atoms with Crippen LogP contribution < -0.4 is 4.90 Å². The van der Waals surface area contributed by atoms with Crippen molar-refractivity contribution >= 4 is 49.6 Å². The summed E-state index contributed by atoms with van der Waals surface area (Å²) < 4.78 is 2.44. The van der Waals surface area contributed by atoms with Gasteiger partial charge in [-0.15, -0.1) is 0 Å². The molecule has 47 heavy (non-hydrogen) atoms. The molecule has 0 bridgehead atoms. The Kier molecular flexibility index (Phi) is 6.01. The van der Waals surface area contributed by atoms with E-state index in [1.54, 1.807) is 0 Å². The van der Waals surface area contributed by atoms with Crippen LogP contribution in [0.15, 0.2) is 146 Å². The average molecular weight is 605 g/mol. The minimum atomic E-state index is -0.205. The predicted molar refractivity (Wildman–Crippen MR) is 200 cm³/mol. The standard InChI is InChI=1S/C45H36N2/c1-29-24-30(2)26-33(25-29)46(31-14-6-5-7-15-31)43-28-40-44(37-19-9-8-18-36(37)43)38-23-22-32(27-39(38)45(40,3)4)47-41-20-12-10-16-34(41)35-17-11-13-21-42(35)47/h5-28H,1-4H3. The highest BCUT2D eigenvalue weighted by Gasteiger charge is 2.38. The largest absolute Gasteiger partial charge is 0.310 e. The van der Waals surface area contributed by atoms with Gasteiger partial charge in [0.05, 0.1) is 16.7 Å². The minimum absolute atomic E-state index is 0.205. The van der Waals surface area contributed by atoms with Gasteiger partial charge < -0.3 is 9.47 Å². The van der Waals surface area contributed by atoms with Crippen LogP contribution in [0.25, 0.3) is 49.4 Å². The van der Waals surface area contributed by atoms with Crippen molar-refractivity contribution in [2.75, 3.05) is 4.90 Å². The number of rotatable bonds is 4. The number of fused-ring (bicyclic) bond motifs is 8. The lowest BCUT2D eigenvalue weighted by atomic mass is 9.81. The van der Waals surface area contributed by atoms with E-state index in [9.17, 15) is 0 Å². The van der Waals surface area contributed by atoms with Crippen molar-refractivity contribution < 1.29 is 0 Å². The van der Waals surface area contributed by atoms with Crippen molar-refractivity contribution in [2.24, 2.45) is 0 Å². The van der Waals surface area contributed by atoms with Gasteiger partial charge in [-0.1, -0.05) is 105 Å². The van der Waals surface area contributed by atoms with Crippen LogP contribution >= 0.6 is 0 Å². The highest BCUT2D eigenvalue weighted by atomic mass is 15.1. The first-order valence-electron chi connectivity index (χ1n) is 16.5. The number of benzene rings is 7. The summed E-state index contributed by atoms with van der Waals surface area (Å²) in [6.45, 7) is 9.18. The maximum absolute atomic E-state index is 2.47. The van der Waals surface area contributed by atoms with Crippen LogP contribution in [0.5, 0.6) is 0 Å². The summed E-state index contributed by atoms with van der Waals surface area (Å²) in [6.07, 6.45) is 0. The summed E-state index contributed by atoms with van der Waals surface area (Å²) in [7, 11) is 0. The molecule has 0 unspecified atom stereocenters. The van der Waals surface area contributed by atoms with E-state index in [1.807, 2.05) is 0 Å². The van der Waals surface area contributed by atoms with Crippen LogP contribution in [0, 0.1) is 13.8 Å². The van der Waals surface area contributed by atoms with Crippen LogP contribution in [0.4, 0.5) is 17.1 Å². The Labute approximate surface area is 276 Å². The third kappa shape index (κ3) is 4.11. The van der Waals surface area contributed by atoms with Crippen molar-refractivity contribution in [3.63, 3.8) is 0 Å². The maximum Gasteiger partial charge on any atom is 0.0543 e. The van der Waals surface area contributed by atoms with Gasteiger partial charge in [0.1, 0.15) is 0 Å². The second-order valence-electron chi connectivity index (χ2n) is 13.6. The van der Waals surface area contributed by atoms with Gasteiger partial charge in [-0.25, -0.2) is 0 Å². The number of nitrogens with zero attached hydrogens (tertiary/aromatic N) is 2. The Balaban J connectivity index is 1.30. The lowest BCUT2D eigenvalue weighted by Gasteiger charge is -2.30. The van der Waals surface area contributed by atoms with Crippen molar-refractivity contribution in [3.8, 4) is 16.8 Å². The first-order chi connectivity index (χ1) is 22.9. The molecule has 9 rings (SSSR count). The summed E-state index contributed by atoms with van der Waals surface area (Å²) in [5.41, 5.74) is 15.0. The molecular formula is C45H36N2. The molecule has 1 aliphatic carbocycles. The topological polar surface area (TPSA) is 8.17 Å². The molecule has 2 nitrogen and oxygen atoms in total. The number of aryl methyl sites for hydroxylation is 2. The Hall–Kier alpha value is -5.60. The van der Waals surface area contributed by atoms with Gasteiger partial charge >= 0.3 is 0 Å². The van der Waals surface area contributed by atoms with Crippen LogP contribution in [0.2, 0.25) is 0 Å². The van der Waals surface area contributed by atoms with Crippen LogP contribution in [0.3, 0.4) is 0 Å². The van der Waals surface area contributed by atoms with Gasteiger partial charge in [-0.05, 0) is 107 Å². The van der Waals surface area contributed by atoms with Crippen molar-refractivity contribution in [2.45, 2.75) is 33.1 Å². The summed E-state index contributed by atoms with van der Waals surface area (Å²) in [4.78, 5) is 2.45. The van der Waals surface area contributed by atoms with E-state index in [4.69, 9.17) is 0 Å². The van der Waals surface area contributed by atoms with Crippen LogP contribution in [-0.2, 0) is 5.41 Å². The zero-order valence-electron chi connectivity index (χ0n) is 27.3. The molecule has 0 amide bonds. The molecule has 226 valence electrons. The first-order valence-corrected chi connectivity index (χ1v) is 16.5. The van der Waals surface area contributed by atoms with E-state index in [0.29, 0.717) is 0 Å². The summed E-state index contributed by atoms with van der Waals surface area (Å²) >= 11 is 0. The lowest BCUT2D eigenvalue weighted by molar-refractivity contribution is 0.660. The van der Waals surface area contributed by atoms with E-state index in [1.165, 1.54) is 83.0 Å². The molecule has 1 aliphatic rings. The van der Waals surface area contributed by atoms with E-state index in [-0.39, 0.29) is 5.41 Å². The fourth-order valence-electron chi connectivity index (χ4n) is 8.16. The van der Waals surface area contributed by atoms with Gasteiger partial charge in [0.15, 0.2) is 0 Å². The number of anilines is 3. The van der Waals surface area contributed by atoms with Gasteiger partial charge in [-0.2, -0.15) is 0 Å². The van der Waals surface area contributed by atoms with Crippen molar-refractivity contribution in [1.82, 2.24) is 4.57 Å². The molecule has 0 radical (unpaired) electrons. The van der Waals surface area contributed by atoms with Crippen LogP contribution in [0.1, 0.15) is 36.1 Å². The maximum atomic E-state index is 2.47. The highest BCUT2D eigenvalue weighted by molar-refractivity contribution is 6.11. The zero-order chi connectivity index (χ0) is 31.9. The monoisotopic (exact) mass is 604 g/mol. The van der Waals surface area contributed by atoms with Crippen LogP contribution in [-0.4, -0.2) is 4.57 Å². The molecule has 1 aromatic heterocycles. The molecular weight excluding hydrogens is 569 g/mol. The fraction of sp³-hybridized carbons (Fsp3) is 0.111. The third-order valence-electron chi connectivity index (χ3n) is 10.2. The second kappa shape index (κ2) is 10.2. The molecule has 0 spiro atoms. The molecule has 0 saturated carbocycles. The molecule has 0 N–H and O–H groups in total. The normalized spacial score (nSPS) is 13.3. The Bertz CT molecular complexity index is 2440. The van der Waals surface area contributed by atoms with Gasteiger partial charge in [0, 0.05) is 38.6 Å². The molecule has 0 saturated heterocycles. The highest BCUT2D eigenvalue weighted by Crippen LogP contribution is 2.55. The number of para-hydroxylation sites is 3. The Morgan fingerprint density at radius 1 is 0.489 bits per heavy atom. The fourth-order valence-corrected chi connectivity index (χ4v) is 8.16. The van der Waals surface area contributed by atoms with Gasteiger partial charge in [0.25, 0.3) is 0 Å². The minimum Gasteiger partial charge on any atom is -0.310 e. The summed E-state index contributed by atoms with van der Waals surface area (Å²) in [5, 5.41) is 5.12. The van der Waals surface area contributed by atoms with Crippen molar-refractivity contribution in [1.29, 1.82) is 0 Å². The predicted octanol–water partition coefficient (Wildman–Crippen LogP) is 12.3. The average Bonchev–Trinajstić information content (AvgIpc) is 3.53. The Morgan fingerprint density at radius 2 is 1.06 bits per heavy atom. The van der Waals surface area contributed by atoms with Crippen molar-refractivity contribution in [3.05, 3.63) is 168 Å². The molecule has 0 atom stereocenters. The molecule has 7 aromatic carbocycles. The molecule has 2 heteroatoms. The van der Waals surface area contributed by atoms with Gasteiger partial charge in [-0.3, -0.25) is 0 Å². The second-order valence-corrected chi connectivity index (χ2v) is 13.6. The molecule has 1 heterocycles. The SMILES string of the molecule is Cc1cc(C)cc(N(c2ccccc2)c2cc3c(c4ccccc24)-c2ccc(-n4c5ccccc5c5ccccc54)cc2C3(C)C)c1. The number of hydrogen-bond donors (Lipinski definition) is 0. The molecule has 8 aromatic rings. The first kappa shape index (κ1) is 27.7. The molecule has 0 aliphatic heterocycles. The smallest absolute Gasteiger partial charge is 0.0543 e. The van der Waals surface area contributed by atoms with E-state index < -0.39 is 0 Å². The van der Waals surface area contributed by atoms with E-state index in [2.05, 4.69) is 183 Å². The third-order valence-corrected chi connectivity index (χ3v) is 10.2. The summed E-state index contributed by atoms with van der Waals surface area (Å²) in [6, 6.07) is 53.8. The Morgan fingerprint density at radius 3 is 1.72 bits per heavy atom. The quantitative estimate of drug-likeness (QED) is 0.194. The number of aromatic nitrogens is 1. The lowest BCUT2D eigenvalue weighted by Crippen LogP contribution is -2.17. The van der Waals surface area contributed by atoms with E-state index >= 15 is 0 Å². The molecule has 0 fully saturated rings. The number of hydrogen-bond acceptors (Lipinski definition) is 1. The van der Waals surface area contributed by atoms with Gasteiger partial charge in [0.2, 0.25) is 0 Å². The zero-order valence-corrected chi connectivity index (χ0v) is 27.3. The summed E-state index contributed by atoms with van der Waals surface area (Å²) in [5.74, 6) is 0.